The summed E-state index contributed by atoms with van der Waals surface area (Å²) in [6.07, 6.45) is 0.185. The predicted molar refractivity (Wildman–Crippen MR) is 109 cm³/mol. The number of esters is 1. The first kappa shape index (κ1) is 22.1. The lowest BCUT2D eigenvalue weighted by Gasteiger charge is -2.65. The van der Waals surface area contributed by atoms with Gasteiger partial charge in [-0.1, -0.05) is 45.7 Å². The molecule has 0 heterocycles. The van der Waals surface area contributed by atoms with E-state index >= 15 is 0 Å². The first-order chi connectivity index (χ1) is 13.3. The Bertz CT molecular complexity index is 728. The highest BCUT2D eigenvalue weighted by atomic mass is 79.9. The third-order valence-electron chi connectivity index (χ3n) is 8.91. The zero-order valence-electron chi connectivity index (χ0n) is 16.7. The van der Waals surface area contributed by atoms with E-state index in [0.717, 1.165) is 25.7 Å². The standard InChI is InChI=1S/C21H27Br2F3O3/c1-18-7-6-14-12(13(18)3-4-16(18)27)9-15(22)20(23)10-11(5-8-19(14,20)2)29-17(28)21(24,25)26/h11-15H,3-10H2,1-2H3/t11-,12-,13-,14-,15+,18-,19+,20-/m0/s1. The van der Waals surface area contributed by atoms with Gasteiger partial charge >= 0.3 is 12.1 Å². The minimum atomic E-state index is -4.96. The van der Waals surface area contributed by atoms with Gasteiger partial charge in [0.05, 0.1) is 0 Å². The number of fused-ring (bicyclic) bond motifs is 5. The largest absolute Gasteiger partial charge is 0.490 e. The molecule has 4 rings (SSSR count). The summed E-state index contributed by atoms with van der Waals surface area (Å²) in [5.41, 5.74) is -0.339. The van der Waals surface area contributed by atoms with Gasteiger partial charge in [0.15, 0.2) is 0 Å². The Morgan fingerprint density at radius 1 is 1.14 bits per heavy atom. The van der Waals surface area contributed by atoms with Gasteiger partial charge in [-0.05, 0) is 61.7 Å². The fourth-order valence-corrected chi connectivity index (χ4v) is 9.42. The van der Waals surface area contributed by atoms with E-state index in [2.05, 4.69) is 45.7 Å². The number of alkyl halides is 5. The summed E-state index contributed by atoms with van der Waals surface area (Å²) >= 11 is 7.80. The zero-order valence-corrected chi connectivity index (χ0v) is 19.8. The molecule has 0 saturated heterocycles. The molecule has 0 amide bonds. The molecule has 0 unspecified atom stereocenters. The molecule has 164 valence electrons. The van der Waals surface area contributed by atoms with Crippen LogP contribution in [0.2, 0.25) is 0 Å². The van der Waals surface area contributed by atoms with Crippen LogP contribution in [-0.2, 0) is 14.3 Å². The van der Waals surface area contributed by atoms with Crippen molar-refractivity contribution < 1.29 is 27.5 Å². The molecule has 29 heavy (non-hydrogen) atoms. The Balaban J connectivity index is 1.59. The van der Waals surface area contributed by atoms with E-state index in [0.29, 0.717) is 49.2 Å². The van der Waals surface area contributed by atoms with Gasteiger partial charge in [0, 0.05) is 27.4 Å². The maximum Gasteiger partial charge on any atom is 0.490 e. The third-order valence-corrected chi connectivity index (χ3v) is 12.5. The predicted octanol–water partition coefficient (Wildman–Crippen LogP) is 5.96. The highest BCUT2D eigenvalue weighted by Gasteiger charge is 2.67. The van der Waals surface area contributed by atoms with Crippen LogP contribution in [-0.4, -0.2) is 33.2 Å². The monoisotopic (exact) mass is 542 g/mol. The van der Waals surface area contributed by atoms with E-state index in [9.17, 15) is 22.8 Å². The van der Waals surface area contributed by atoms with Crippen molar-refractivity contribution in [1.82, 2.24) is 0 Å². The molecular formula is C21H27Br2F3O3. The number of hydrogen-bond donors (Lipinski definition) is 0. The second-order valence-electron chi connectivity index (χ2n) is 10.0. The molecular weight excluding hydrogens is 517 g/mol. The van der Waals surface area contributed by atoms with Crippen LogP contribution >= 0.6 is 31.9 Å². The molecule has 8 atom stereocenters. The molecule has 8 heteroatoms. The fraction of sp³-hybridized carbons (Fsp3) is 0.905. The maximum atomic E-state index is 12.7. The van der Waals surface area contributed by atoms with Crippen LogP contribution in [0.5, 0.6) is 0 Å². The fourth-order valence-electron chi connectivity index (χ4n) is 7.24. The van der Waals surface area contributed by atoms with Crippen molar-refractivity contribution >= 4 is 43.6 Å². The maximum absolute atomic E-state index is 12.7. The molecule has 4 fully saturated rings. The summed E-state index contributed by atoms with van der Waals surface area (Å²) in [6, 6.07) is 0. The number of halogens is 5. The van der Waals surface area contributed by atoms with Gasteiger partial charge in [0.2, 0.25) is 0 Å². The number of ketones is 1. The quantitative estimate of drug-likeness (QED) is 0.302. The lowest BCUT2D eigenvalue weighted by Crippen LogP contribution is -2.64. The molecule has 0 bridgehead atoms. The second kappa shape index (κ2) is 6.94. The summed E-state index contributed by atoms with van der Waals surface area (Å²) < 4.78 is 42.4. The minimum Gasteiger partial charge on any atom is -0.456 e. The lowest BCUT2D eigenvalue weighted by molar-refractivity contribution is -0.209. The summed E-state index contributed by atoms with van der Waals surface area (Å²) in [5.74, 6) is -0.451. The Labute approximate surface area is 186 Å². The first-order valence-electron chi connectivity index (χ1n) is 10.5. The van der Waals surface area contributed by atoms with Crippen LogP contribution in [0.3, 0.4) is 0 Å². The molecule has 4 saturated carbocycles. The van der Waals surface area contributed by atoms with Crippen molar-refractivity contribution in [2.24, 2.45) is 28.6 Å². The topological polar surface area (TPSA) is 43.4 Å². The van der Waals surface area contributed by atoms with E-state index in [4.69, 9.17) is 4.74 Å². The molecule has 3 nitrogen and oxygen atoms in total. The van der Waals surface area contributed by atoms with E-state index < -0.39 is 22.6 Å². The molecule has 0 aliphatic heterocycles. The normalized spacial score (nSPS) is 49.8. The minimum absolute atomic E-state index is 0.0479. The van der Waals surface area contributed by atoms with Crippen LogP contribution in [0.15, 0.2) is 0 Å². The van der Waals surface area contributed by atoms with E-state index in [1.165, 1.54) is 0 Å². The molecule has 0 N–H and O–H groups in total. The SMILES string of the molecule is C[C@]12CC[C@H]3[C@@H](C[C@@H](Br)[C@@]4(Br)C[C@@H](OC(=O)C(F)(F)F)CC[C@]34C)[C@@H]1CCC2=O. The zero-order chi connectivity index (χ0) is 21.4. The highest BCUT2D eigenvalue weighted by Crippen LogP contribution is 2.69. The number of carbonyl (C=O) groups is 2. The summed E-state index contributed by atoms with van der Waals surface area (Å²) in [4.78, 5) is 24.0. The molecule has 4 aliphatic rings. The van der Waals surface area contributed by atoms with Gasteiger partial charge in [-0.2, -0.15) is 13.2 Å². The summed E-state index contributed by atoms with van der Waals surface area (Å²) in [6.45, 7) is 4.38. The van der Waals surface area contributed by atoms with Crippen molar-refractivity contribution in [3.8, 4) is 0 Å². The number of rotatable bonds is 1. The molecule has 0 radical (unpaired) electrons. The van der Waals surface area contributed by atoms with Gasteiger partial charge in [0.1, 0.15) is 11.9 Å². The van der Waals surface area contributed by atoms with Crippen LogP contribution < -0.4 is 0 Å². The number of Topliss-reactive ketones (excluding diaryl/α,β-unsaturated/α-hetero) is 1. The smallest absolute Gasteiger partial charge is 0.456 e. The lowest BCUT2D eigenvalue weighted by atomic mass is 9.45. The molecule has 0 spiro atoms. The van der Waals surface area contributed by atoms with Gasteiger partial charge in [-0.3, -0.25) is 4.79 Å². The third kappa shape index (κ3) is 3.16. The highest BCUT2D eigenvalue weighted by molar-refractivity contribution is 9.12. The van der Waals surface area contributed by atoms with E-state index in [1.807, 2.05) is 0 Å². The van der Waals surface area contributed by atoms with Crippen LogP contribution in [0, 0.1) is 28.6 Å². The van der Waals surface area contributed by atoms with Crippen LogP contribution in [0.4, 0.5) is 13.2 Å². The van der Waals surface area contributed by atoms with Gasteiger partial charge in [-0.15, -0.1) is 0 Å². The summed E-state index contributed by atoms with van der Waals surface area (Å²) in [5, 5.41) is 0. The average molecular weight is 544 g/mol. The van der Waals surface area contributed by atoms with Gasteiger partial charge < -0.3 is 4.74 Å². The molecule has 0 aromatic rings. The molecule has 4 aliphatic carbocycles. The van der Waals surface area contributed by atoms with E-state index in [1.54, 1.807) is 0 Å². The van der Waals surface area contributed by atoms with Crippen molar-refractivity contribution in [1.29, 1.82) is 0 Å². The van der Waals surface area contributed by atoms with Crippen molar-refractivity contribution in [3.63, 3.8) is 0 Å². The Hall–Kier alpha value is -0.110. The Morgan fingerprint density at radius 2 is 1.83 bits per heavy atom. The number of ether oxygens (including phenoxy) is 1. The van der Waals surface area contributed by atoms with Gasteiger partial charge in [0.25, 0.3) is 0 Å². The second-order valence-corrected chi connectivity index (χ2v) is 12.6. The van der Waals surface area contributed by atoms with Gasteiger partial charge in [-0.25, -0.2) is 4.79 Å². The number of hydrogen-bond acceptors (Lipinski definition) is 3. The average Bonchev–Trinajstić information content (AvgIpc) is 2.92. The first-order valence-corrected chi connectivity index (χ1v) is 12.2. The summed E-state index contributed by atoms with van der Waals surface area (Å²) in [7, 11) is 0. The molecule has 0 aromatic heterocycles. The Morgan fingerprint density at radius 3 is 2.48 bits per heavy atom. The van der Waals surface area contributed by atoms with Crippen molar-refractivity contribution in [2.45, 2.75) is 86.6 Å². The van der Waals surface area contributed by atoms with Crippen molar-refractivity contribution in [3.05, 3.63) is 0 Å². The molecule has 0 aromatic carbocycles. The van der Waals surface area contributed by atoms with Crippen LogP contribution in [0.25, 0.3) is 0 Å². The van der Waals surface area contributed by atoms with E-state index in [-0.39, 0.29) is 15.7 Å². The Kier molecular flexibility index (Phi) is 5.29. The van der Waals surface area contributed by atoms with Crippen LogP contribution in [0.1, 0.15) is 65.2 Å². The number of carbonyl (C=O) groups excluding carboxylic acids is 2. The van der Waals surface area contributed by atoms with Crippen molar-refractivity contribution in [2.75, 3.05) is 0 Å².